The number of likely N-dealkylation sites (N-methyl/N-ethyl adjacent to an activating group) is 1. The minimum Gasteiger partial charge on any atom is -0.502 e. The Bertz CT molecular complexity index is 1440. The van der Waals surface area contributed by atoms with Crippen LogP contribution in [0.25, 0.3) is 10.9 Å². The maximum atomic E-state index is 12.9. The van der Waals surface area contributed by atoms with Gasteiger partial charge in [0.25, 0.3) is 5.91 Å². The van der Waals surface area contributed by atoms with Crippen molar-refractivity contribution in [1.29, 1.82) is 0 Å². The molecule has 0 bridgehead atoms. The van der Waals surface area contributed by atoms with Gasteiger partial charge in [-0.1, -0.05) is 42.5 Å². The van der Waals surface area contributed by atoms with E-state index in [0.29, 0.717) is 6.54 Å². The molecule has 8 nitrogen and oxygen atoms in total. The normalized spacial score (nSPS) is 16.6. The second kappa shape index (κ2) is 8.46. The fourth-order valence-electron chi connectivity index (χ4n) is 5.02. The third kappa shape index (κ3) is 3.38. The Labute approximate surface area is 196 Å². The van der Waals surface area contributed by atoms with E-state index in [9.17, 15) is 19.8 Å². The average Bonchev–Trinajstić information content (AvgIpc) is 3.22. The van der Waals surface area contributed by atoms with Gasteiger partial charge in [-0.3, -0.25) is 14.3 Å². The van der Waals surface area contributed by atoms with E-state index in [1.807, 2.05) is 48.5 Å². The summed E-state index contributed by atoms with van der Waals surface area (Å²) >= 11 is 0. The Morgan fingerprint density at radius 1 is 1.15 bits per heavy atom. The van der Waals surface area contributed by atoms with Gasteiger partial charge in [-0.25, -0.2) is 0 Å². The third-order valence-corrected chi connectivity index (χ3v) is 6.69. The number of hydrogen-bond acceptors (Lipinski definition) is 5. The van der Waals surface area contributed by atoms with E-state index in [1.165, 1.54) is 9.58 Å². The SMILES string of the molecule is CCn1cc([C@H](c2ccccc2)[C@H]2CN(C)C(=O)c3c(O)c(=O)cnn32)c2ccc(CO)cc21. The number of benzene rings is 2. The van der Waals surface area contributed by atoms with E-state index in [0.717, 1.165) is 40.3 Å². The van der Waals surface area contributed by atoms with Crippen molar-refractivity contribution in [2.75, 3.05) is 13.6 Å². The van der Waals surface area contributed by atoms with Crippen molar-refractivity contribution in [2.45, 2.75) is 32.0 Å². The Kier molecular flexibility index (Phi) is 5.45. The van der Waals surface area contributed by atoms with E-state index >= 15 is 0 Å². The molecule has 174 valence electrons. The predicted molar refractivity (Wildman–Crippen MR) is 128 cm³/mol. The topological polar surface area (TPSA) is 101 Å². The minimum absolute atomic E-state index is 0.0399. The second-order valence-electron chi connectivity index (χ2n) is 8.67. The molecule has 1 aliphatic heterocycles. The Morgan fingerprint density at radius 2 is 1.91 bits per heavy atom. The van der Waals surface area contributed by atoms with Crippen molar-refractivity contribution in [3.63, 3.8) is 0 Å². The molecule has 0 aliphatic carbocycles. The lowest BCUT2D eigenvalue weighted by atomic mass is 9.83. The van der Waals surface area contributed by atoms with Gasteiger partial charge in [-0.2, -0.15) is 5.10 Å². The molecular weight excluding hydrogens is 432 g/mol. The lowest BCUT2D eigenvalue weighted by Gasteiger charge is -2.37. The van der Waals surface area contributed by atoms with Crippen LogP contribution in [0.2, 0.25) is 0 Å². The molecule has 34 heavy (non-hydrogen) atoms. The van der Waals surface area contributed by atoms with Gasteiger partial charge >= 0.3 is 0 Å². The number of carbonyl (C=O) groups is 1. The molecule has 2 atom stereocenters. The largest absolute Gasteiger partial charge is 0.502 e. The van der Waals surface area contributed by atoms with Crippen LogP contribution < -0.4 is 5.43 Å². The monoisotopic (exact) mass is 458 g/mol. The number of aliphatic hydroxyl groups excluding tert-OH is 1. The zero-order valence-corrected chi connectivity index (χ0v) is 19.0. The number of aromatic hydroxyl groups is 1. The summed E-state index contributed by atoms with van der Waals surface area (Å²) < 4.78 is 3.66. The van der Waals surface area contributed by atoms with Crippen molar-refractivity contribution >= 4 is 16.8 Å². The smallest absolute Gasteiger partial charge is 0.275 e. The molecule has 0 spiro atoms. The van der Waals surface area contributed by atoms with Crippen LogP contribution in [0.5, 0.6) is 5.75 Å². The maximum absolute atomic E-state index is 12.9. The number of hydrogen-bond donors (Lipinski definition) is 2. The average molecular weight is 459 g/mol. The van der Waals surface area contributed by atoms with Crippen LogP contribution in [-0.2, 0) is 13.2 Å². The van der Waals surface area contributed by atoms with Gasteiger partial charge in [0.15, 0.2) is 11.4 Å². The minimum atomic E-state index is -0.677. The standard InChI is InChI=1S/C26H26N4O4/c1-3-29-13-19(18-10-9-16(15-31)11-20(18)29)23(17-7-5-4-6-8-17)21-14-28(2)26(34)24-25(33)22(32)12-27-30(21)24/h4-13,21,23,31,33H,3,14-15H2,1-2H3/t21-,23+/m1/s1. The van der Waals surface area contributed by atoms with Crippen molar-refractivity contribution in [3.05, 3.63) is 93.5 Å². The molecule has 3 heterocycles. The van der Waals surface area contributed by atoms with Crippen molar-refractivity contribution in [2.24, 2.45) is 0 Å². The third-order valence-electron chi connectivity index (χ3n) is 6.69. The number of nitrogens with zero attached hydrogens (tertiary/aromatic N) is 4. The maximum Gasteiger partial charge on any atom is 0.275 e. The number of rotatable bonds is 5. The van der Waals surface area contributed by atoms with Crippen LogP contribution in [0.3, 0.4) is 0 Å². The molecule has 5 rings (SSSR count). The lowest BCUT2D eigenvalue weighted by molar-refractivity contribution is 0.0686. The summed E-state index contributed by atoms with van der Waals surface area (Å²) in [7, 11) is 1.67. The summed E-state index contributed by atoms with van der Waals surface area (Å²) in [5, 5.41) is 25.5. The molecule has 2 aromatic carbocycles. The summed E-state index contributed by atoms with van der Waals surface area (Å²) in [5.41, 5.74) is 3.16. The molecule has 4 aromatic rings. The zero-order chi connectivity index (χ0) is 24.0. The number of fused-ring (bicyclic) bond motifs is 2. The van der Waals surface area contributed by atoms with Crippen LogP contribution in [0.1, 0.15) is 46.1 Å². The quantitative estimate of drug-likeness (QED) is 0.479. The van der Waals surface area contributed by atoms with Gasteiger partial charge in [0.05, 0.1) is 18.8 Å². The van der Waals surface area contributed by atoms with E-state index < -0.39 is 17.1 Å². The van der Waals surface area contributed by atoms with Crippen LogP contribution in [0, 0.1) is 0 Å². The van der Waals surface area contributed by atoms with Crippen LogP contribution in [-0.4, -0.2) is 49.0 Å². The van der Waals surface area contributed by atoms with E-state index in [1.54, 1.807) is 7.05 Å². The van der Waals surface area contributed by atoms with Crippen molar-refractivity contribution < 1.29 is 15.0 Å². The molecule has 0 fully saturated rings. The Hall–Kier alpha value is -3.91. The first kappa shape index (κ1) is 21.9. The Balaban J connectivity index is 1.79. The molecule has 0 saturated heterocycles. The fourth-order valence-corrected chi connectivity index (χ4v) is 5.02. The van der Waals surface area contributed by atoms with Crippen molar-refractivity contribution in [3.8, 4) is 5.75 Å². The number of aromatic nitrogens is 3. The predicted octanol–water partition coefficient (Wildman–Crippen LogP) is 2.87. The lowest BCUT2D eigenvalue weighted by Crippen LogP contribution is -2.45. The zero-order valence-electron chi connectivity index (χ0n) is 19.0. The second-order valence-corrected chi connectivity index (χ2v) is 8.67. The number of aryl methyl sites for hydroxylation is 1. The molecule has 0 saturated carbocycles. The van der Waals surface area contributed by atoms with Gasteiger partial charge in [0.1, 0.15) is 0 Å². The summed E-state index contributed by atoms with van der Waals surface area (Å²) in [6.07, 6.45) is 3.18. The summed E-state index contributed by atoms with van der Waals surface area (Å²) in [4.78, 5) is 26.5. The molecule has 0 radical (unpaired) electrons. The highest BCUT2D eigenvalue weighted by molar-refractivity contribution is 5.95. The highest BCUT2D eigenvalue weighted by Crippen LogP contribution is 2.42. The highest BCUT2D eigenvalue weighted by atomic mass is 16.3. The van der Waals surface area contributed by atoms with Gasteiger partial charge in [0, 0.05) is 43.2 Å². The van der Waals surface area contributed by atoms with Gasteiger partial charge in [-0.15, -0.1) is 0 Å². The molecule has 2 aromatic heterocycles. The van der Waals surface area contributed by atoms with Crippen LogP contribution >= 0.6 is 0 Å². The van der Waals surface area contributed by atoms with E-state index in [4.69, 9.17) is 0 Å². The fraction of sp³-hybridized carbons (Fsp3) is 0.269. The van der Waals surface area contributed by atoms with Crippen molar-refractivity contribution in [1.82, 2.24) is 19.2 Å². The first-order chi connectivity index (χ1) is 16.4. The van der Waals surface area contributed by atoms with Gasteiger partial charge in [0.2, 0.25) is 5.43 Å². The highest BCUT2D eigenvalue weighted by Gasteiger charge is 2.39. The number of aliphatic hydroxyl groups is 1. The van der Waals surface area contributed by atoms with E-state index in [2.05, 4.69) is 22.8 Å². The molecule has 1 aliphatic rings. The van der Waals surface area contributed by atoms with Crippen LogP contribution in [0.15, 0.2) is 65.7 Å². The number of amides is 1. The molecule has 2 N–H and O–H groups in total. The van der Waals surface area contributed by atoms with Gasteiger partial charge in [-0.05, 0) is 29.7 Å². The summed E-state index contributed by atoms with van der Waals surface area (Å²) in [6, 6.07) is 15.6. The number of carbonyl (C=O) groups excluding carboxylic acids is 1. The summed E-state index contributed by atoms with van der Waals surface area (Å²) in [5.74, 6) is -1.23. The van der Waals surface area contributed by atoms with Gasteiger partial charge < -0.3 is 19.7 Å². The first-order valence-electron chi connectivity index (χ1n) is 11.3. The molecular formula is C26H26N4O4. The summed E-state index contributed by atoms with van der Waals surface area (Å²) in [6.45, 7) is 3.13. The molecule has 8 heteroatoms. The molecule has 1 amide bonds. The first-order valence-corrected chi connectivity index (χ1v) is 11.3. The van der Waals surface area contributed by atoms with E-state index in [-0.39, 0.29) is 24.3 Å². The van der Waals surface area contributed by atoms with Crippen LogP contribution in [0.4, 0.5) is 0 Å². The Morgan fingerprint density at radius 3 is 2.62 bits per heavy atom. The molecule has 0 unspecified atom stereocenters.